The van der Waals surface area contributed by atoms with Crippen molar-refractivity contribution in [3.8, 4) is 0 Å². The summed E-state index contributed by atoms with van der Waals surface area (Å²) in [7, 11) is 1.29. The minimum atomic E-state index is -0.453. The lowest BCUT2D eigenvalue weighted by atomic mass is 9.97. The van der Waals surface area contributed by atoms with Crippen molar-refractivity contribution in [3.05, 3.63) is 29.3 Å². The highest BCUT2D eigenvalue weighted by Crippen LogP contribution is 2.25. The smallest absolute Gasteiger partial charge is 0.325 e. The van der Waals surface area contributed by atoms with Gasteiger partial charge in [0, 0.05) is 17.8 Å². The SMILES string of the molecule is COC(=O)CNC(=O)c1cccc2c1CCCN2. The van der Waals surface area contributed by atoms with Crippen LogP contribution < -0.4 is 10.6 Å². The summed E-state index contributed by atoms with van der Waals surface area (Å²) in [6, 6.07) is 5.58. The normalized spacial score (nSPS) is 13.2. The summed E-state index contributed by atoms with van der Waals surface area (Å²) in [5.74, 6) is -0.688. The molecule has 0 radical (unpaired) electrons. The monoisotopic (exact) mass is 248 g/mol. The molecular formula is C13H16N2O3. The van der Waals surface area contributed by atoms with Crippen LogP contribution in [-0.2, 0) is 16.0 Å². The zero-order valence-electron chi connectivity index (χ0n) is 10.3. The van der Waals surface area contributed by atoms with Crippen LogP contribution in [0.15, 0.2) is 18.2 Å². The van der Waals surface area contributed by atoms with Gasteiger partial charge in [-0.3, -0.25) is 9.59 Å². The van der Waals surface area contributed by atoms with Gasteiger partial charge in [-0.05, 0) is 30.5 Å². The molecule has 96 valence electrons. The van der Waals surface area contributed by atoms with Crippen LogP contribution in [0, 0.1) is 0 Å². The third-order valence-corrected chi connectivity index (χ3v) is 2.96. The fraction of sp³-hybridized carbons (Fsp3) is 0.385. The second-order valence-electron chi connectivity index (χ2n) is 4.12. The molecule has 0 saturated heterocycles. The van der Waals surface area contributed by atoms with Crippen LogP contribution in [0.3, 0.4) is 0 Å². The molecule has 0 fully saturated rings. The van der Waals surface area contributed by atoms with Gasteiger partial charge in [0.2, 0.25) is 0 Å². The Morgan fingerprint density at radius 3 is 3.06 bits per heavy atom. The van der Waals surface area contributed by atoms with Crippen molar-refractivity contribution in [1.29, 1.82) is 0 Å². The number of anilines is 1. The molecule has 1 aliphatic rings. The molecule has 0 bridgehead atoms. The Morgan fingerprint density at radius 2 is 2.28 bits per heavy atom. The topological polar surface area (TPSA) is 67.4 Å². The molecule has 5 heteroatoms. The number of hydrogen-bond donors (Lipinski definition) is 2. The highest BCUT2D eigenvalue weighted by molar-refractivity contribution is 5.98. The predicted molar refractivity (Wildman–Crippen MR) is 67.6 cm³/mol. The molecule has 1 amide bonds. The Balaban J connectivity index is 2.13. The van der Waals surface area contributed by atoms with Crippen LogP contribution in [-0.4, -0.2) is 32.1 Å². The minimum Gasteiger partial charge on any atom is -0.468 e. The van der Waals surface area contributed by atoms with Gasteiger partial charge in [-0.1, -0.05) is 6.07 Å². The lowest BCUT2D eigenvalue weighted by Crippen LogP contribution is -2.31. The summed E-state index contributed by atoms with van der Waals surface area (Å²) in [4.78, 5) is 23.0. The van der Waals surface area contributed by atoms with Gasteiger partial charge in [0.25, 0.3) is 5.91 Å². The maximum Gasteiger partial charge on any atom is 0.325 e. The van der Waals surface area contributed by atoms with E-state index in [-0.39, 0.29) is 12.5 Å². The van der Waals surface area contributed by atoms with Crippen molar-refractivity contribution in [2.75, 3.05) is 25.5 Å². The van der Waals surface area contributed by atoms with E-state index in [9.17, 15) is 9.59 Å². The average molecular weight is 248 g/mol. The standard InChI is InChI=1S/C13H16N2O3/c1-18-12(16)8-15-13(17)10-4-2-6-11-9(10)5-3-7-14-11/h2,4,6,14H,3,5,7-8H2,1H3,(H,15,17). The number of hydrogen-bond acceptors (Lipinski definition) is 4. The van der Waals surface area contributed by atoms with E-state index in [0.29, 0.717) is 5.56 Å². The summed E-state index contributed by atoms with van der Waals surface area (Å²) in [5.41, 5.74) is 2.65. The van der Waals surface area contributed by atoms with Crippen molar-refractivity contribution in [2.24, 2.45) is 0 Å². The number of amides is 1. The van der Waals surface area contributed by atoms with E-state index in [1.165, 1.54) is 7.11 Å². The molecule has 0 unspecified atom stereocenters. The van der Waals surface area contributed by atoms with Gasteiger partial charge in [-0.15, -0.1) is 0 Å². The van der Waals surface area contributed by atoms with Gasteiger partial charge in [0.1, 0.15) is 6.54 Å². The first-order chi connectivity index (χ1) is 8.72. The molecule has 5 nitrogen and oxygen atoms in total. The first-order valence-electron chi connectivity index (χ1n) is 5.93. The summed E-state index contributed by atoms with van der Waals surface area (Å²) in [5, 5.41) is 5.82. The number of carbonyl (C=O) groups is 2. The Kier molecular flexibility index (Phi) is 3.82. The number of carbonyl (C=O) groups excluding carboxylic acids is 2. The number of ether oxygens (including phenoxy) is 1. The molecule has 0 spiro atoms. The molecule has 18 heavy (non-hydrogen) atoms. The zero-order valence-corrected chi connectivity index (χ0v) is 10.3. The highest BCUT2D eigenvalue weighted by Gasteiger charge is 2.17. The lowest BCUT2D eigenvalue weighted by Gasteiger charge is -2.20. The van der Waals surface area contributed by atoms with Crippen molar-refractivity contribution >= 4 is 17.6 Å². The average Bonchev–Trinajstić information content (AvgIpc) is 2.43. The molecule has 1 aromatic carbocycles. The van der Waals surface area contributed by atoms with Crippen LogP contribution in [0.5, 0.6) is 0 Å². The van der Waals surface area contributed by atoms with Crippen LogP contribution in [0.4, 0.5) is 5.69 Å². The van der Waals surface area contributed by atoms with Gasteiger partial charge >= 0.3 is 5.97 Å². The van der Waals surface area contributed by atoms with E-state index in [0.717, 1.165) is 30.6 Å². The summed E-state index contributed by atoms with van der Waals surface area (Å²) in [6.45, 7) is 0.826. The quantitative estimate of drug-likeness (QED) is 0.781. The van der Waals surface area contributed by atoms with Crippen LogP contribution in [0.1, 0.15) is 22.3 Å². The number of benzene rings is 1. The summed E-state index contributed by atoms with van der Waals surface area (Å²) in [6.07, 6.45) is 1.89. The van der Waals surface area contributed by atoms with Crippen molar-refractivity contribution < 1.29 is 14.3 Å². The Labute approximate surface area is 106 Å². The molecular weight excluding hydrogens is 232 g/mol. The predicted octanol–water partition coefficient (Wildman–Crippen LogP) is 0.947. The molecule has 2 N–H and O–H groups in total. The maximum atomic E-state index is 12.0. The second-order valence-corrected chi connectivity index (χ2v) is 4.12. The minimum absolute atomic E-state index is 0.105. The molecule has 0 aliphatic carbocycles. The van der Waals surface area contributed by atoms with Crippen molar-refractivity contribution in [2.45, 2.75) is 12.8 Å². The number of rotatable bonds is 3. The van der Waals surface area contributed by atoms with Gasteiger partial charge in [-0.2, -0.15) is 0 Å². The van der Waals surface area contributed by atoms with Gasteiger partial charge in [0.15, 0.2) is 0 Å². The molecule has 0 saturated carbocycles. The largest absolute Gasteiger partial charge is 0.468 e. The van der Waals surface area contributed by atoms with Gasteiger partial charge in [0.05, 0.1) is 7.11 Å². The molecule has 0 aromatic heterocycles. The van der Waals surface area contributed by atoms with E-state index in [1.54, 1.807) is 6.07 Å². The summed E-state index contributed by atoms with van der Waals surface area (Å²) >= 11 is 0. The molecule has 1 heterocycles. The van der Waals surface area contributed by atoms with Crippen LogP contribution in [0.25, 0.3) is 0 Å². The Bertz CT molecular complexity index is 471. The summed E-state index contributed by atoms with van der Waals surface area (Å²) < 4.78 is 4.48. The van der Waals surface area contributed by atoms with Gasteiger partial charge < -0.3 is 15.4 Å². The number of esters is 1. The number of nitrogens with one attached hydrogen (secondary N) is 2. The Hall–Kier alpha value is -2.04. The van der Waals surface area contributed by atoms with E-state index >= 15 is 0 Å². The van der Waals surface area contributed by atoms with E-state index < -0.39 is 5.97 Å². The van der Waals surface area contributed by atoms with Crippen molar-refractivity contribution in [1.82, 2.24) is 5.32 Å². The zero-order chi connectivity index (χ0) is 13.0. The maximum absolute atomic E-state index is 12.0. The second kappa shape index (κ2) is 5.53. The van der Waals surface area contributed by atoms with E-state index in [4.69, 9.17) is 0 Å². The Morgan fingerprint density at radius 1 is 1.44 bits per heavy atom. The highest BCUT2D eigenvalue weighted by atomic mass is 16.5. The van der Waals surface area contributed by atoms with Crippen LogP contribution in [0.2, 0.25) is 0 Å². The van der Waals surface area contributed by atoms with E-state index in [1.807, 2.05) is 12.1 Å². The first kappa shape index (κ1) is 12.4. The van der Waals surface area contributed by atoms with E-state index in [2.05, 4.69) is 15.4 Å². The molecule has 1 aliphatic heterocycles. The number of fused-ring (bicyclic) bond motifs is 1. The number of methoxy groups -OCH3 is 1. The fourth-order valence-electron chi connectivity index (χ4n) is 2.04. The first-order valence-corrected chi connectivity index (χ1v) is 5.93. The van der Waals surface area contributed by atoms with Gasteiger partial charge in [-0.25, -0.2) is 0 Å². The lowest BCUT2D eigenvalue weighted by molar-refractivity contribution is -0.139. The third kappa shape index (κ3) is 2.61. The molecule has 1 aromatic rings. The molecule has 2 rings (SSSR count). The van der Waals surface area contributed by atoms with Crippen LogP contribution >= 0.6 is 0 Å². The molecule has 0 atom stereocenters. The third-order valence-electron chi connectivity index (χ3n) is 2.96. The fourth-order valence-corrected chi connectivity index (χ4v) is 2.04. The van der Waals surface area contributed by atoms with Crippen molar-refractivity contribution in [3.63, 3.8) is 0 Å².